The van der Waals surface area contributed by atoms with Gasteiger partial charge in [0, 0.05) is 38.9 Å². The van der Waals surface area contributed by atoms with Crippen LogP contribution in [0.15, 0.2) is 188 Å². The van der Waals surface area contributed by atoms with Crippen molar-refractivity contribution in [3.05, 3.63) is 205 Å². The normalized spacial score (nSPS) is 13.1. The Morgan fingerprint density at radius 2 is 0.895 bits per heavy atom. The van der Waals surface area contributed by atoms with Crippen LogP contribution in [0.1, 0.15) is 51.3 Å². The second-order valence-electron chi connectivity index (χ2n) is 17.0. The molecule has 0 radical (unpaired) electrons. The minimum Gasteiger partial charge on any atom is -0.310 e. The van der Waals surface area contributed by atoms with Gasteiger partial charge in [0.1, 0.15) is 0 Å². The fourth-order valence-electron chi connectivity index (χ4n) is 9.14. The molecule has 1 aliphatic carbocycles. The van der Waals surface area contributed by atoms with E-state index in [2.05, 4.69) is 232 Å². The maximum atomic E-state index is 2.44. The summed E-state index contributed by atoms with van der Waals surface area (Å²) in [6.07, 6.45) is 0. The van der Waals surface area contributed by atoms with E-state index >= 15 is 0 Å². The van der Waals surface area contributed by atoms with Crippen molar-refractivity contribution in [2.24, 2.45) is 0 Å². The molecule has 0 N–H and O–H groups in total. The van der Waals surface area contributed by atoms with Gasteiger partial charge < -0.3 is 9.47 Å². The first kappa shape index (κ1) is 34.8. The molecule has 0 atom stereocenters. The number of fused-ring (bicyclic) bond motifs is 6. The first-order valence-electron chi connectivity index (χ1n) is 20.1. The second-order valence-corrected chi connectivity index (χ2v) is 17.0. The van der Waals surface area contributed by atoms with E-state index in [0.29, 0.717) is 0 Å². The number of hydrogen-bond donors (Lipinski definition) is 0. The van der Waals surface area contributed by atoms with Crippen molar-refractivity contribution in [3.8, 4) is 39.1 Å². The summed E-state index contributed by atoms with van der Waals surface area (Å²) in [6, 6.07) is 69.3. The highest BCUT2D eigenvalue weighted by Gasteiger charge is 2.36. The SMILES string of the molecule is CC(C)(C)c1ccc(N(c2ccc(-c3ccccc3-c3ccccc3)cc2)c2ccc3c(c2)C(C)(C)c2cc(-n4c5ccccc5c5ccccc54)ccc2-3)cc1. The van der Waals surface area contributed by atoms with Crippen LogP contribution in [0.25, 0.3) is 60.9 Å². The van der Waals surface area contributed by atoms with Crippen LogP contribution >= 0.6 is 0 Å². The van der Waals surface area contributed by atoms with Crippen LogP contribution in [0.2, 0.25) is 0 Å². The van der Waals surface area contributed by atoms with Gasteiger partial charge in [-0.25, -0.2) is 0 Å². The van der Waals surface area contributed by atoms with E-state index < -0.39 is 0 Å². The zero-order valence-corrected chi connectivity index (χ0v) is 33.3. The Balaban J connectivity index is 1.07. The van der Waals surface area contributed by atoms with Crippen molar-refractivity contribution in [1.82, 2.24) is 4.57 Å². The third-order valence-corrected chi connectivity index (χ3v) is 12.2. The Morgan fingerprint density at radius 3 is 1.49 bits per heavy atom. The molecule has 0 amide bonds. The molecule has 2 heteroatoms. The Kier molecular flexibility index (Phi) is 8.09. The average Bonchev–Trinajstić information content (AvgIpc) is 3.69. The molecule has 0 saturated carbocycles. The first-order chi connectivity index (χ1) is 27.7. The lowest BCUT2D eigenvalue weighted by molar-refractivity contribution is 0.590. The summed E-state index contributed by atoms with van der Waals surface area (Å²) >= 11 is 0. The van der Waals surface area contributed by atoms with E-state index in [1.165, 1.54) is 77.6 Å². The summed E-state index contributed by atoms with van der Waals surface area (Å²) in [5, 5.41) is 2.56. The standard InChI is InChI=1S/C55H46N2/c1-54(2,3)39-25-29-41(30-26-39)56(40-27-23-38(24-28-40)45-18-10-9-17-44(45)37-15-7-6-8-16-37)42-31-33-46-47-34-32-43(36-51(47)55(4,5)50(46)35-42)57-52-21-13-11-19-48(52)49-20-12-14-22-53(49)57/h6-36H,1-5H3. The van der Waals surface area contributed by atoms with Crippen molar-refractivity contribution >= 4 is 38.9 Å². The molecule has 2 nitrogen and oxygen atoms in total. The molecule has 0 fully saturated rings. The van der Waals surface area contributed by atoms with E-state index in [0.717, 1.165) is 17.1 Å². The molecule has 9 aromatic rings. The van der Waals surface area contributed by atoms with Gasteiger partial charge in [-0.3, -0.25) is 0 Å². The minimum atomic E-state index is -0.206. The highest BCUT2D eigenvalue weighted by molar-refractivity contribution is 6.09. The van der Waals surface area contributed by atoms with E-state index in [1.807, 2.05) is 0 Å². The highest BCUT2D eigenvalue weighted by Crippen LogP contribution is 2.52. The van der Waals surface area contributed by atoms with Gasteiger partial charge in [-0.2, -0.15) is 0 Å². The molecule has 0 saturated heterocycles. The van der Waals surface area contributed by atoms with Gasteiger partial charge in [-0.15, -0.1) is 0 Å². The van der Waals surface area contributed by atoms with Crippen LogP contribution in [0.4, 0.5) is 17.1 Å². The Hall–Kier alpha value is -6.64. The summed E-state index contributed by atoms with van der Waals surface area (Å²) in [7, 11) is 0. The number of anilines is 3. The van der Waals surface area contributed by atoms with Crippen LogP contribution < -0.4 is 4.90 Å². The molecule has 10 rings (SSSR count). The third-order valence-electron chi connectivity index (χ3n) is 12.2. The van der Waals surface area contributed by atoms with Gasteiger partial charge in [-0.1, -0.05) is 162 Å². The van der Waals surface area contributed by atoms with E-state index in [-0.39, 0.29) is 10.8 Å². The Morgan fingerprint density at radius 1 is 0.421 bits per heavy atom. The van der Waals surface area contributed by atoms with Gasteiger partial charge >= 0.3 is 0 Å². The lowest BCUT2D eigenvalue weighted by Gasteiger charge is -2.29. The second kappa shape index (κ2) is 13.2. The molecule has 1 aliphatic rings. The van der Waals surface area contributed by atoms with Gasteiger partial charge in [-0.05, 0) is 116 Å². The number of nitrogens with zero attached hydrogens (tertiary/aromatic N) is 2. The Bertz CT molecular complexity index is 2890. The molecule has 0 aliphatic heterocycles. The predicted molar refractivity (Wildman–Crippen MR) is 243 cm³/mol. The highest BCUT2D eigenvalue weighted by atomic mass is 15.1. The molecule has 0 unspecified atom stereocenters. The van der Waals surface area contributed by atoms with Crippen molar-refractivity contribution in [2.45, 2.75) is 45.4 Å². The summed E-state index contributed by atoms with van der Waals surface area (Å²) in [5.74, 6) is 0. The van der Waals surface area contributed by atoms with Gasteiger partial charge in [0.25, 0.3) is 0 Å². The predicted octanol–water partition coefficient (Wildman–Crippen LogP) is 15.2. The zero-order valence-electron chi connectivity index (χ0n) is 33.3. The number of aromatic nitrogens is 1. The largest absolute Gasteiger partial charge is 0.310 e. The number of benzene rings is 8. The molecule has 1 aromatic heterocycles. The lowest BCUT2D eigenvalue weighted by Crippen LogP contribution is -2.17. The summed E-state index contributed by atoms with van der Waals surface area (Å²) < 4.78 is 2.43. The maximum Gasteiger partial charge on any atom is 0.0541 e. The van der Waals surface area contributed by atoms with Gasteiger partial charge in [0.2, 0.25) is 0 Å². The Labute approximate surface area is 336 Å². The summed E-state index contributed by atoms with van der Waals surface area (Å²) in [6.45, 7) is 11.6. The van der Waals surface area contributed by atoms with E-state index in [9.17, 15) is 0 Å². The average molecular weight is 735 g/mol. The van der Waals surface area contributed by atoms with Gasteiger partial charge in [0.05, 0.1) is 11.0 Å². The van der Waals surface area contributed by atoms with Crippen molar-refractivity contribution < 1.29 is 0 Å². The van der Waals surface area contributed by atoms with Crippen LogP contribution in [-0.2, 0) is 10.8 Å². The molecule has 0 bridgehead atoms. The number of rotatable bonds is 6. The fraction of sp³-hybridized carbons (Fsp3) is 0.127. The van der Waals surface area contributed by atoms with Crippen molar-refractivity contribution in [2.75, 3.05) is 4.90 Å². The molecule has 57 heavy (non-hydrogen) atoms. The van der Waals surface area contributed by atoms with Crippen LogP contribution in [-0.4, -0.2) is 4.57 Å². The number of hydrogen-bond acceptors (Lipinski definition) is 1. The first-order valence-corrected chi connectivity index (χ1v) is 20.1. The van der Waals surface area contributed by atoms with Crippen LogP contribution in [0, 0.1) is 0 Å². The van der Waals surface area contributed by atoms with Crippen molar-refractivity contribution in [1.29, 1.82) is 0 Å². The van der Waals surface area contributed by atoms with Gasteiger partial charge in [0.15, 0.2) is 0 Å². The fourth-order valence-corrected chi connectivity index (χ4v) is 9.14. The van der Waals surface area contributed by atoms with E-state index in [1.54, 1.807) is 0 Å². The van der Waals surface area contributed by atoms with Crippen LogP contribution in [0.5, 0.6) is 0 Å². The topological polar surface area (TPSA) is 8.17 Å². The molecule has 276 valence electrons. The van der Waals surface area contributed by atoms with E-state index in [4.69, 9.17) is 0 Å². The molecular formula is C55H46N2. The minimum absolute atomic E-state index is 0.0681. The summed E-state index contributed by atoms with van der Waals surface area (Å²) in [4.78, 5) is 2.42. The smallest absolute Gasteiger partial charge is 0.0541 e. The quantitative estimate of drug-likeness (QED) is 0.165. The molecule has 8 aromatic carbocycles. The zero-order chi connectivity index (χ0) is 38.9. The molecular weight excluding hydrogens is 689 g/mol. The van der Waals surface area contributed by atoms with Crippen molar-refractivity contribution in [3.63, 3.8) is 0 Å². The molecule has 1 heterocycles. The maximum absolute atomic E-state index is 2.44. The van der Waals surface area contributed by atoms with Crippen LogP contribution in [0.3, 0.4) is 0 Å². The monoisotopic (exact) mass is 734 g/mol. The number of para-hydroxylation sites is 2. The lowest BCUT2D eigenvalue weighted by atomic mass is 9.82. The summed E-state index contributed by atoms with van der Waals surface area (Å²) in [5.41, 5.74) is 18.5. The molecule has 0 spiro atoms. The third kappa shape index (κ3) is 5.78.